The zero-order valence-corrected chi connectivity index (χ0v) is 5.82. The monoisotopic (exact) mass is 155 g/mol. The predicted molar refractivity (Wildman–Crippen MR) is 38.8 cm³/mol. The molecule has 0 bridgehead atoms. The Labute approximate surface area is 63.7 Å². The third-order valence-electron chi connectivity index (χ3n) is 1.37. The number of quaternary nitrogens is 1. The number of hydrogen-bond donors (Lipinski definition) is 3. The molecule has 4 heteroatoms. The molecule has 0 heterocycles. The van der Waals surface area contributed by atoms with Crippen LogP contribution in [-0.4, -0.2) is 10.2 Å². The highest BCUT2D eigenvalue weighted by atomic mass is 16.5. The minimum absolute atomic E-state index is 0.00264. The van der Waals surface area contributed by atoms with Crippen molar-refractivity contribution in [3.63, 3.8) is 0 Å². The first-order chi connectivity index (χ1) is 5.24. The topological polar surface area (TPSA) is 80.1 Å². The lowest BCUT2D eigenvalue weighted by Crippen LogP contribution is -2.75. The zero-order valence-electron chi connectivity index (χ0n) is 5.82. The van der Waals surface area contributed by atoms with E-state index in [-0.39, 0.29) is 18.0 Å². The average molecular weight is 155 g/mol. The summed E-state index contributed by atoms with van der Waals surface area (Å²) in [6.45, 7) is 0.173. The van der Waals surface area contributed by atoms with Crippen molar-refractivity contribution >= 4 is 0 Å². The van der Waals surface area contributed by atoms with Gasteiger partial charge in [-0.15, -0.1) is 0 Å². The molecule has 0 aliphatic heterocycles. The van der Waals surface area contributed by atoms with Crippen molar-refractivity contribution in [2.75, 3.05) is 0 Å². The van der Waals surface area contributed by atoms with Crippen LogP contribution in [0.2, 0.25) is 0 Å². The molecule has 60 valence electrons. The van der Waals surface area contributed by atoms with E-state index in [1.54, 1.807) is 0 Å². The van der Waals surface area contributed by atoms with E-state index in [0.29, 0.717) is 11.0 Å². The maximum Gasteiger partial charge on any atom is 0.128 e. The number of aromatic hydroxyl groups is 2. The average Bonchev–Trinajstić information content (AvgIpc) is 1.95. The molecule has 0 fully saturated rings. The molecule has 0 saturated heterocycles. The van der Waals surface area contributed by atoms with Gasteiger partial charge < -0.3 is 20.9 Å². The summed E-state index contributed by atoms with van der Waals surface area (Å²) in [5.74, 6) is -0.0470. The van der Waals surface area contributed by atoms with Crippen LogP contribution in [0, 0.1) is 5.21 Å². The van der Waals surface area contributed by atoms with E-state index in [2.05, 4.69) is 0 Å². The summed E-state index contributed by atoms with van der Waals surface area (Å²) in [6, 6.07) is 4.15. The molecule has 0 atom stereocenters. The summed E-state index contributed by atoms with van der Waals surface area (Å²) in [5, 5.41) is 28.0. The Balaban J connectivity index is 2.90. The van der Waals surface area contributed by atoms with Gasteiger partial charge in [0.25, 0.3) is 0 Å². The molecule has 1 aromatic carbocycles. The summed E-state index contributed by atoms with van der Waals surface area (Å²) in [6.07, 6.45) is 0. The molecule has 0 aliphatic rings. The minimum atomic E-state index is -0.0444. The summed E-state index contributed by atoms with van der Waals surface area (Å²) in [4.78, 5) is 0. The van der Waals surface area contributed by atoms with E-state index < -0.39 is 0 Å². The molecular weight excluding hydrogens is 146 g/mol. The van der Waals surface area contributed by atoms with E-state index in [0.717, 1.165) is 0 Å². The molecule has 0 aliphatic carbocycles. The Morgan fingerprint density at radius 2 is 2.09 bits per heavy atom. The smallest absolute Gasteiger partial charge is 0.128 e. The summed E-state index contributed by atoms with van der Waals surface area (Å²) < 4.78 is 0. The van der Waals surface area contributed by atoms with Crippen LogP contribution in [0.3, 0.4) is 0 Å². The normalized spacial score (nSPS) is 9.91. The fourth-order valence-corrected chi connectivity index (χ4v) is 0.815. The molecule has 0 saturated carbocycles. The second-order valence-corrected chi connectivity index (χ2v) is 2.18. The molecular formula is C7H9NO3. The maximum atomic E-state index is 10.0. The Morgan fingerprint density at radius 3 is 2.64 bits per heavy atom. The molecule has 0 amide bonds. The first-order valence-corrected chi connectivity index (χ1v) is 3.18. The second-order valence-electron chi connectivity index (χ2n) is 2.18. The van der Waals surface area contributed by atoms with Crippen molar-refractivity contribution in [2.45, 2.75) is 6.54 Å². The Morgan fingerprint density at radius 1 is 1.36 bits per heavy atom. The lowest BCUT2D eigenvalue weighted by atomic mass is 10.2. The molecule has 4 nitrogen and oxygen atoms in total. The highest BCUT2D eigenvalue weighted by Gasteiger charge is 2.00. The number of rotatable bonds is 2. The van der Waals surface area contributed by atoms with Crippen molar-refractivity contribution in [1.82, 2.24) is 0 Å². The molecule has 0 radical (unpaired) electrons. The van der Waals surface area contributed by atoms with Gasteiger partial charge in [0.2, 0.25) is 0 Å². The van der Waals surface area contributed by atoms with E-state index in [9.17, 15) is 5.21 Å². The van der Waals surface area contributed by atoms with Gasteiger partial charge >= 0.3 is 0 Å². The first-order valence-electron chi connectivity index (χ1n) is 3.18. The fraction of sp³-hybridized carbons (Fsp3) is 0.143. The first kappa shape index (κ1) is 7.84. The van der Waals surface area contributed by atoms with Crippen molar-refractivity contribution in [3.8, 4) is 11.5 Å². The molecule has 0 unspecified atom stereocenters. The fourth-order valence-electron chi connectivity index (χ4n) is 0.815. The van der Waals surface area contributed by atoms with Crippen LogP contribution in [-0.2, 0) is 6.54 Å². The standard InChI is InChI=1S/C7H9NO3/c9-6-2-1-5(4-8-11)7(10)3-6/h1-3,9-10H,4,8H2. The van der Waals surface area contributed by atoms with Gasteiger partial charge in [0.05, 0.1) is 0 Å². The second kappa shape index (κ2) is 3.23. The van der Waals surface area contributed by atoms with E-state index in [1.807, 2.05) is 0 Å². The zero-order chi connectivity index (χ0) is 8.27. The predicted octanol–water partition coefficient (Wildman–Crippen LogP) is -0.341. The third kappa shape index (κ3) is 1.83. The summed E-state index contributed by atoms with van der Waals surface area (Å²) in [5.41, 5.74) is 1.23. The van der Waals surface area contributed by atoms with E-state index in [1.165, 1.54) is 18.2 Å². The molecule has 11 heavy (non-hydrogen) atoms. The number of benzene rings is 1. The van der Waals surface area contributed by atoms with Gasteiger partial charge in [0, 0.05) is 11.6 Å². The van der Waals surface area contributed by atoms with Crippen molar-refractivity contribution in [1.29, 1.82) is 0 Å². The molecule has 4 N–H and O–H groups in total. The lowest BCUT2D eigenvalue weighted by Gasteiger charge is -2.04. The Bertz CT molecular complexity index is 249. The molecule has 0 spiro atoms. The van der Waals surface area contributed by atoms with Crippen LogP contribution in [0.4, 0.5) is 0 Å². The summed E-state index contributed by atoms with van der Waals surface area (Å²) >= 11 is 0. The van der Waals surface area contributed by atoms with Crippen LogP contribution in [0.25, 0.3) is 0 Å². The summed E-state index contributed by atoms with van der Waals surface area (Å²) in [7, 11) is 0. The van der Waals surface area contributed by atoms with E-state index in [4.69, 9.17) is 10.2 Å². The SMILES string of the molecule is [O-][NH2+]Cc1ccc(O)cc1O. The largest absolute Gasteiger partial charge is 0.636 e. The van der Waals surface area contributed by atoms with E-state index >= 15 is 0 Å². The van der Waals surface area contributed by atoms with Gasteiger partial charge in [0.15, 0.2) is 0 Å². The van der Waals surface area contributed by atoms with Crippen LogP contribution < -0.4 is 5.48 Å². The van der Waals surface area contributed by atoms with Crippen molar-refractivity contribution < 1.29 is 15.7 Å². The minimum Gasteiger partial charge on any atom is -0.636 e. The van der Waals surface area contributed by atoms with Crippen LogP contribution in [0.1, 0.15) is 5.56 Å². The Hall–Kier alpha value is -1.26. The van der Waals surface area contributed by atoms with Crippen molar-refractivity contribution in [3.05, 3.63) is 29.0 Å². The van der Waals surface area contributed by atoms with Gasteiger partial charge in [-0.25, -0.2) is 0 Å². The number of hydroxylamine groups is 1. The van der Waals surface area contributed by atoms with Crippen LogP contribution in [0.5, 0.6) is 11.5 Å². The lowest BCUT2D eigenvalue weighted by molar-refractivity contribution is -0.605. The van der Waals surface area contributed by atoms with Gasteiger partial charge in [0.1, 0.15) is 18.0 Å². The number of hydrogen-bond acceptors (Lipinski definition) is 3. The number of phenolic OH excluding ortho intramolecular Hbond substituents is 2. The molecule has 1 aromatic rings. The van der Waals surface area contributed by atoms with Gasteiger partial charge in [-0.2, -0.15) is 0 Å². The van der Waals surface area contributed by atoms with Gasteiger partial charge in [-0.1, -0.05) is 0 Å². The number of nitrogens with two attached hydrogens (primary N) is 1. The van der Waals surface area contributed by atoms with Crippen molar-refractivity contribution in [2.24, 2.45) is 0 Å². The maximum absolute atomic E-state index is 10.0. The quantitative estimate of drug-likeness (QED) is 0.511. The van der Waals surface area contributed by atoms with Crippen LogP contribution in [0.15, 0.2) is 18.2 Å². The van der Waals surface area contributed by atoms with Gasteiger partial charge in [-0.3, -0.25) is 0 Å². The van der Waals surface area contributed by atoms with Crippen LogP contribution >= 0.6 is 0 Å². The molecule has 1 rings (SSSR count). The highest BCUT2D eigenvalue weighted by Crippen LogP contribution is 2.21. The highest BCUT2D eigenvalue weighted by molar-refractivity contribution is 5.38. The molecule has 0 aromatic heterocycles. The van der Waals surface area contributed by atoms with Gasteiger partial charge in [-0.05, 0) is 12.1 Å². The Kier molecular flexibility index (Phi) is 2.30. The number of phenols is 2. The third-order valence-corrected chi connectivity index (χ3v) is 1.37.